The summed E-state index contributed by atoms with van der Waals surface area (Å²) in [5.74, 6) is 0.695. The van der Waals surface area contributed by atoms with E-state index in [2.05, 4.69) is 14.9 Å². The third-order valence-corrected chi connectivity index (χ3v) is 3.02. The van der Waals surface area contributed by atoms with Crippen molar-refractivity contribution in [2.24, 2.45) is 5.73 Å². The van der Waals surface area contributed by atoms with Gasteiger partial charge < -0.3 is 10.6 Å². The molecule has 1 aliphatic heterocycles. The fourth-order valence-electron chi connectivity index (χ4n) is 1.76. The summed E-state index contributed by atoms with van der Waals surface area (Å²) in [6.45, 7) is 3.68. The fourth-order valence-corrected chi connectivity index (χ4v) is 1.88. The number of anilines is 1. The van der Waals surface area contributed by atoms with Crippen molar-refractivity contribution in [3.63, 3.8) is 0 Å². The van der Waals surface area contributed by atoms with E-state index in [0.29, 0.717) is 11.1 Å². The van der Waals surface area contributed by atoms with Gasteiger partial charge in [0.1, 0.15) is 5.15 Å². The first-order valence-electron chi connectivity index (χ1n) is 5.16. The molecule has 4 nitrogen and oxygen atoms in total. The van der Waals surface area contributed by atoms with Gasteiger partial charge in [0.05, 0.1) is 0 Å². The van der Waals surface area contributed by atoms with E-state index in [1.165, 1.54) is 0 Å². The average molecular weight is 227 g/mol. The Bertz CT molecular complexity index is 355. The number of halogens is 1. The van der Waals surface area contributed by atoms with E-state index in [1.54, 1.807) is 6.20 Å². The molecule has 1 aliphatic rings. The molecule has 0 aromatic carbocycles. The van der Waals surface area contributed by atoms with Crippen LogP contribution in [0.4, 0.5) is 5.95 Å². The zero-order chi connectivity index (χ0) is 10.8. The van der Waals surface area contributed by atoms with Gasteiger partial charge in [-0.2, -0.15) is 0 Å². The maximum Gasteiger partial charge on any atom is 0.226 e. The summed E-state index contributed by atoms with van der Waals surface area (Å²) in [5, 5.41) is 0.527. The van der Waals surface area contributed by atoms with Gasteiger partial charge in [0.2, 0.25) is 5.95 Å². The second-order valence-corrected chi connectivity index (χ2v) is 4.35. The molecule has 1 aromatic heterocycles. The molecule has 0 amide bonds. The highest BCUT2D eigenvalue weighted by Gasteiger charge is 2.19. The van der Waals surface area contributed by atoms with Gasteiger partial charge in [-0.15, -0.1) is 0 Å². The van der Waals surface area contributed by atoms with Crippen LogP contribution in [0, 0.1) is 6.92 Å². The molecule has 2 heterocycles. The van der Waals surface area contributed by atoms with E-state index < -0.39 is 0 Å². The molecule has 0 aliphatic carbocycles. The van der Waals surface area contributed by atoms with Crippen LogP contribution in [0.5, 0.6) is 0 Å². The van der Waals surface area contributed by atoms with Crippen molar-refractivity contribution in [3.8, 4) is 0 Å². The maximum absolute atomic E-state index is 5.96. The Morgan fingerprint density at radius 2 is 2.40 bits per heavy atom. The largest absolute Gasteiger partial charge is 0.339 e. The van der Waals surface area contributed by atoms with Gasteiger partial charge in [-0.1, -0.05) is 11.6 Å². The number of piperidine rings is 1. The van der Waals surface area contributed by atoms with E-state index in [0.717, 1.165) is 31.5 Å². The van der Waals surface area contributed by atoms with Crippen LogP contribution in [0.2, 0.25) is 5.15 Å². The average Bonchev–Trinajstić information content (AvgIpc) is 2.22. The molecule has 0 radical (unpaired) electrons. The molecule has 2 rings (SSSR count). The molecular formula is C10H15ClN4. The smallest absolute Gasteiger partial charge is 0.226 e. The van der Waals surface area contributed by atoms with Gasteiger partial charge in [-0.3, -0.25) is 0 Å². The predicted octanol–water partition coefficient (Wildman–Crippen LogP) is 1.37. The summed E-state index contributed by atoms with van der Waals surface area (Å²) in [7, 11) is 0. The van der Waals surface area contributed by atoms with Crippen molar-refractivity contribution in [1.82, 2.24) is 9.97 Å². The Morgan fingerprint density at radius 1 is 1.60 bits per heavy atom. The zero-order valence-corrected chi connectivity index (χ0v) is 9.54. The molecule has 0 spiro atoms. The van der Waals surface area contributed by atoms with Gasteiger partial charge >= 0.3 is 0 Å². The SMILES string of the molecule is Cc1cnc(N2CCC[C@@H](N)C2)nc1Cl. The molecule has 1 fully saturated rings. The Labute approximate surface area is 94.5 Å². The predicted molar refractivity (Wildman–Crippen MR) is 61.2 cm³/mol. The van der Waals surface area contributed by atoms with Crippen molar-refractivity contribution in [2.45, 2.75) is 25.8 Å². The third-order valence-electron chi connectivity index (χ3n) is 2.64. The van der Waals surface area contributed by atoms with Crippen molar-refractivity contribution >= 4 is 17.5 Å². The van der Waals surface area contributed by atoms with Crippen molar-refractivity contribution in [1.29, 1.82) is 0 Å². The monoisotopic (exact) mass is 226 g/mol. The van der Waals surface area contributed by atoms with Crippen molar-refractivity contribution in [2.75, 3.05) is 18.0 Å². The Kier molecular flexibility index (Phi) is 3.07. The van der Waals surface area contributed by atoms with E-state index in [1.807, 2.05) is 6.92 Å². The van der Waals surface area contributed by atoms with Gasteiger partial charge in [-0.25, -0.2) is 9.97 Å². The number of aryl methyl sites for hydroxylation is 1. The van der Waals surface area contributed by atoms with Gasteiger partial charge in [0, 0.05) is 30.9 Å². The number of nitrogens with two attached hydrogens (primary N) is 1. The topological polar surface area (TPSA) is 55.0 Å². The van der Waals surface area contributed by atoms with Crippen LogP contribution in [0.1, 0.15) is 18.4 Å². The van der Waals surface area contributed by atoms with Crippen LogP contribution in [0.3, 0.4) is 0 Å². The summed E-state index contributed by atoms with van der Waals surface area (Å²) >= 11 is 5.96. The standard InChI is InChI=1S/C10H15ClN4/c1-7-5-13-10(14-9(7)11)15-4-2-3-8(12)6-15/h5,8H,2-4,6,12H2,1H3/t8-/m1/s1. The number of hydrogen-bond acceptors (Lipinski definition) is 4. The number of hydrogen-bond donors (Lipinski definition) is 1. The van der Waals surface area contributed by atoms with Gasteiger partial charge in [0.15, 0.2) is 0 Å². The van der Waals surface area contributed by atoms with Crippen LogP contribution in [-0.2, 0) is 0 Å². The first-order chi connectivity index (χ1) is 7.16. The Balaban J connectivity index is 2.18. The summed E-state index contributed by atoms with van der Waals surface area (Å²) in [6, 6.07) is 0.224. The summed E-state index contributed by atoms with van der Waals surface area (Å²) < 4.78 is 0. The molecule has 2 N–H and O–H groups in total. The normalized spacial score (nSPS) is 21.8. The molecule has 0 saturated carbocycles. The van der Waals surface area contributed by atoms with Gasteiger partial charge in [0.25, 0.3) is 0 Å². The van der Waals surface area contributed by atoms with Crippen molar-refractivity contribution < 1.29 is 0 Å². The minimum atomic E-state index is 0.224. The van der Waals surface area contributed by atoms with E-state index in [9.17, 15) is 0 Å². The highest BCUT2D eigenvalue weighted by Crippen LogP contribution is 2.18. The molecule has 15 heavy (non-hydrogen) atoms. The maximum atomic E-state index is 5.96. The van der Waals surface area contributed by atoms with Crippen molar-refractivity contribution in [3.05, 3.63) is 16.9 Å². The lowest BCUT2D eigenvalue weighted by atomic mass is 10.1. The number of nitrogens with zero attached hydrogens (tertiary/aromatic N) is 3. The molecule has 5 heteroatoms. The van der Waals surface area contributed by atoms with Crippen LogP contribution >= 0.6 is 11.6 Å². The van der Waals surface area contributed by atoms with Crippen LogP contribution < -0.4 is 10.6 Å². The first-order valence-corrected chi connectivity index (χ1v) is 5.54. The van der Waals surface area contributed by atoms with E-state index in [-0.39, 0.29) is 6.04 Å². The second-order valence-electron chi connectivity index (χ2n) is 3.99. The highest BCUT2D eigenvalue weighted by molar-refractivity contribution is 6.30. The lowest BCUT2D eigenvalue weighted by Crippen LogP contribution is -2.43. The molecule has 1 atom stereocenters. The molecule has 0 bridgehead atoms. The van der Waals surface area contributed by atoms with Gasteiger partial charge in [-0.05, 0) is 19.8 Å². The van der Waals surface area contributed by atoms with Crippen LogP contribution in [0.25, 0.3) is 0 Å². The van der Waals surface area contributed by atoms with E-state index >= 15 is 0 Å². The third kappa shape index (κ3) is 2.38. The molecule has 0 unspecified atom stereocenters. The fraction of sp³-hybridized carbons (Fsp3) is 0.600. The highest BCUT2D eigenvalue weighted by atomic mass is 35.5. The van der Waals surface area contributed by atoms with Crippen LogP contribution in [0.15, 0.2) is 6.20 Å². The quantitative estimate of drug-likeness (QED) is 0.735. The number of rotatable bonds is 1. The molecule has 1 aromatic rings. The number of aromatic nitrogens is 2. The minimum absolute atomic E-state index is 0.224. The zero-order valence-electron chi connectivity index (χ0n) is 8.78. The van der Waals surface area contributed by atoms with E-state index in [4.69, 9.17) is 17.3 Å². The second kappa shape index (κ2) is 4.33. The summed E-state index contributed by atoms with van der Waals surface area (Å²) in [5.41, 5.74) is 6.80. The first kappa shape index (κ1) is 10.6. The van der Waals surface area contributed by atoms with Crippen LogP contribution in [-0.4, -0.2) is 29.1 Å². The minimum Gasteiger partial charge on any atom is -0.339 e. The molecule has 1 saturated heterocycles. The molecule has 82 valence electrons. The summed E-state index contributed by atoms with van der Waals surface area (Å²) in [6.07, 6.45) is 3.93. The Hall–Kier alpha value is -0.870. The lowest BCUT2D eigenvalue weighted by molar-refractivity contribution is 0.499. The lowest BCUT2D eigenvalue weighted by Gasteiger charge is -2.30. The Morgan fingerprint density at radius 3 is 3.07 bits per heavy atom. The molecular weight excluding hydrogens is 212 g/mol. The summed E-state index contributed by atoms with van der Waals surface area (Å²) in [4.78, 5) is 10.6.